The molecule has 2 aromatic rings. The summed E-state index contributed by atoms with van der Waals surface area (Å²) in [7, 11) is -3.35. The lowest BCUT2D eigenvalue weighted by atomic mass is 10.1. The highest BCUT2D eigenvalue weighted by atomic mass is 32.2. The fourth-order valence-corrected chi connectivity index (χ4v) is 6.49. The largest absolute Gasteiger partial charge is 0.491 e. The molecule has 0 spiro atoms. The minimum atomic E-state index is -3.35. The van der Waals surface area contributed by atoms with Crippen molar-refractivity contribution >= 4 is 27.7 Å². The van der Waals surface area contributed by atoms with Crippen LogP contribution in [0.15, 0.2) is 58.3 Å². The summed E-state index contributed by atoms with van der Waals surface area (Å²) in [4.78, 5) is 13.1. The van der Waals surface area contributed by atoms with E-state index in [-0.39, 0.29) is 24.2 Å². The van der Waals surface area contributed by atoms with Crippen LogP contribution >= 0.6 is 11.8 Å². The van der Waals surface area contributed by atoms with E-state index in [0.29, 0.717) is 16.2 Å². The zero-order valence-corrected chi connectivity index (χ0v) is 18.3. The van der Waals surface area contributed by atoms with Crippen molar-refractivity contribution in [1.82, 2.24) is 5.32 Å². The van der Waals surface area contributed by atoms with Crippen LogP contribution in [0.1, 0.15) is 31.6 Å². The number of nitrogens with one attached hydrogen (secondary N) is 1. The van der Waals surface area contributed by atoms with Gasteiger partial charge in [0.1, 0.15) is 18.0 Å². The van der Waals surface area contributed by atoms with E-state index in [9.17, 15) is 13.2 Å². The Kier molecular flexibility index (Phi) is 6.43. The van der Waals surface area contributed by atoms with Crippen molar-refractivity contribution in [1.29, 1.82) is 0 Å². The SMILES string of the molecule is CC(C)(C)OC(=O)NCCOc1cccc2c1C(Sc1ccccc1)CS2(=O)=O. The van der Waals surface area contributed by atoms with E-state index >= 15 is 0 Å². The molecule has 0 saturated carbocycles. The van der Waals surface area contributed by atoms with Crippen LogP contribution in [0.25, 0.3) is 0 Å². The lowest BCUT2D eigenvalue weighted by Crippen LogP contribution is -2.34. The monoisotopic (exact) mass is 435 g/mol. The van der Waals surface area contributed by atoms with E-state index in [1.54, 1.807) is 39.0 Å². The van der Waals surface area contributed by atoms with E-state index in [0.717, 1.165) is 4.90 Å². The molecular weight excluding hydrogens is 410 g/mol. The standard InChI is InChI=1S/C21H25NO5S2/c1-21(2,3)27-20(23)22-12-13-26-16-10-7-11-18-19(16)17(14-29(18,24)25)28-15-8-5-4-6-9-15/h4-11,17H,12-14H2,1-3H3,(H,22,23). The van der Waals surface area contributed by atoms with E-state index in [1.807, 2.05) is 30.3 Å². The van der Waals surface area contributed by atoms with E-state index in [4.69, 9.17) is 9.47 Å². The van der Waals surface area contributed by atoms with Gasteiger partial charge in [0.15, 0.2) is 9.84 Å². The minimum Gasteiger partial charge on any atom is -0.491 e. The molecule has 0 aromatic heterocycles. The van der Waals surface area contributed by atoms with Gasteiger partial charge in [0, 0.05) is 10.5 Å². The molecule has 0 saturated heterocycles. The molecule has 1 heterocycles. The number of carbonyl (C=O) groups excluding carboxylic acids is 1. The van der Waals surface area contributed by atoms with Gasteiger partial charge in [0.05, 0.1) is 22.4 Å². The molecule has 2 aromatic carbocycles. The number of ether oxygens (including phenoxy) is 2. The molecule has 1 aliphatic rings. The number of rotatable bonds is 6. The number of fused-ring (bicyclic) bond motifs is 1. The summed E-state index contributed by atoms with van der Waals surface area (Å²) in [5.74, 6) is 0.571. The molecule has 29 heavy (non-hydrogen) atoms. The minimum absolute atomic E-state index is 0.0401. The lowest BCUT2D eigenvalue weighted by molar-refractivity contribution is 0.0520. The number of sulfone groups is 1. The van der Waals surface area contributed by atoms with Crippen molar-refractivity contribution in [2.24, 2.45) is 0 Å². The van der Waals surface area contributed by atoms with Crippen LogP contribution in [0.2, 0.25) is 0 Å². The second-order valence-corrected chi connectivity index (χ2v) is 10.9. The van der Waals surface area contributed by atoms with Gasteiger partial charge in [-0.25, -0.2) is 13.2 Å². The Morgan fingerprint density at radius 2 is 1.86 bits per heavy atom. The summed E-state index contributed by atoms with van der Waals surface area (Å²) in [5.41, 5.74) is 0.125. The fraction of sp³-hybridized carbons (Fsp3) is 0.381. The van der Waals surface area contributed by atoms with Gasteiger partial charge in [-0.15, -0.1) is 11.8 Å². The summed E-state index contributed by atoms with van der Waals surface area (Å²) in [6, 6.07) is 14.8. The molecule has 1 amide bonds. The molecule has 1 aliphatic heterocycles. The highest BCUT2D eigenvalue weighted by Crippen LogP contribution is 2.48. The number of hydrogen-bond donors (Lipinski definition) is 1. The summed E-state index contributed by atoms with van der Waals surface area (Å²) in [5, 5.41) is 2.39. The third-order valence-electron chi connectivity index (χ3n) is 4.10. The van der Waals surface area contributed by atoms with E-state index in [1.165, 1.54) is 11.8 Å². The zero-order chi connectivity index (χ0) is 21.1. The average Bonchev–Trinajstić information content (AvgIpc) is 2.89. The first-order chi connectivity index (χ1) is 13.7. The molecule has 8 heteroatoms. The highest BCUT2D eigenvalue weighted by molar-refractivity contribution is 8.01. The van der Waals surface area contributed by atoms with E-state index in [2.05, 4.69) is 5.32 Å². The number of thioether (sulfide) groups is 1. The third kappa shape index (κ3) is 5.67. The van der Waals surface area contributed by atoms with Crippen LogP contribution < -0.4 is 10.1 Å². The first-order valence-corrected chi connectivity index (χ1v) is 11.9. The summed E-state index contributed by atoms with van der Waals surface area (Å²) >= 11 is 1.51. The molecule has 1 N–H and O–H groups in total. The highest BCUT2D eigenvalue weighted by Gasteiger charge is 2.37. The van der Waals surface area contributed by atoms with E-state index < -0.39 is 21.5 Å². The number of amides is 1. The van der Waals surface area contributed by atoms with Gasteiger partial charge in [-0.05, 0) is 45.0 Å². The van der Waals surface area contributed by atoms with Crippen LogP contribution in [0.4, 0.5) is 4.79 Å². The molecule has 3 rings (SSSR count). The quantitative estimate of drug-likeness (QED) is 0.685. The maximum absolute atomic E-state index is 12.6. The summed E-state index contributed by atoms with van der Waals surface area (Å²) < 4.78 is 36.3. The average molecular weight is 436 g/mol. The van der Waals surface area contributed by atoms with Crippen molar-refractivity contribution in [2.75, 3.05) is 18.9 Å². The maximum atomic E-state index is 12.6. The van der Waals surface area contributed by atoms with Crippen LogP contribution in [-0.4, -0.2) is 39.0 Å². The first-order valence-electron chi connectivity index (χ1n) is 9.33. The van der Waals surface area contributed by atoms with Crippen LogP contribution in [0.5, 0.6) is 5.75 Å². The number of benzene rings is 2. The Bertz CT molecular complexity index is 968. The first kappa shape index (κ1) is 21.5. The predicted octanol–water partition coefficient (Wildman–Crippen LogP) is 4.21. The van der Waals surface area contributed by atoms with Gasteiger partial charge >= 0.3 is 6.09 Å². The van der Waals surface area contributed by atoms with Crippen molar-refractivity contribution in [3.63, 3.8) is 0 Å². The summed E-state index contributed by atoms with van der Waals surface area (Å²) in [6.45, 7) is 5.84. The lowest BCUT2D eigenvalue weighted by Gasteiger charge is -2.20. The number of carbonyl (C=O) groups is 1. The van der Waals surface area contributed by atoms with Crippen LogP contribution in [-0.2, 0) is 14.6 Å². The van der Waals surface area contributed by atoms with Crippen molar-refractivity contribution in [3.8, 4) is 5.75 Å². The second-order valence-electron chi connectivity index (χ2n) is 7.65. The Morgan fingerprint density at radius 3 is 2.55 bits per heavy atom. The van der Waals surface area contributed by atoms with Gasteiger partial charge in [-0.2, -0.15) is 0 Å². The zero-order valence-electron chi connectivity index (χ0n) is 16.7. The topological polar surface area (TPSA) is 81.7 Å². The van der Waals surface area contributed by atoms with Crippen molar-refractivity contribution < 1.29 is 22.7 Å². The van der Waals surface area contributed by atoms with Gasteiger partial charge < -0.3 is 14.8 Å². The Morgan fingerprint density at radius 1 is 1.14 bits per heavy atom. The van der Waals surface area contributed by atoms with Crippen molar-refractivity contribution in [2.45, 2.75) is 41.4 Å². The van der Waals surface area contributed by atoms with Crippen LogP contribution in [0, 0.1) is 0 Å². The normalized spacial score (nSPS) is 17.4. The van der Waals surface area contributed by atoms with Crippen LogP contribution in [0.3, 0.4) is 0 Å². The molecule has 156 valence electrons. The third-order valence-corrected chi connectivity index (χ3v) is 7.34. The smallest absolute Gasteiger partial charge is 0.407 e. The number of alkyl carbamates (subject to hydrolysis) is 1. The van der Waals surface area contributed by atoms with Gasteiger partial charge in [0.25, 0.3) is 0 Å². The molecule has 0 aliphatic carbocycles. The molecule has 6 nitrogen and oxygen atoms in total. The fourth-order valence-electron chi connectivity index (χ4n) is 3.00. The Balaban J connectivity index is 1.70. The van der Waals surface area contributed by atoms with Gasteiger partial charge in [0.2, 0.25) is 0 Å². The second kappa shape index (κ2) is 8.67. The Labute approximate surface area is 175 Å². The molecule has 0 radical (unpaired) electrons. The maximum Gasteiger partial charge on any atom is 0.407 e. The molecule has 1 atom stereocenters. The molecular formula is C21H25NO5S2. The molecule has 0 fully saturated rings. The number of hydrogen-bond acceptors (Lipinski definition) is 6. The summed E-state index contributed by atoms with van der Waals surface area (Å²) in [6.07, 6.45) is -0.514. The van der Waals surface area contributed by atoms with Gasteiger partial charge in [-0.3, -0.25) is 0 Å². The van der Waals surface area contributed by atoms with Crippen molar-refractivity contribution in [3.05, 3.63) is 54.1 Å². The molecule has 0 bridgehead atoms. The van der Waals surface area contributed by atoms with Gasteiger partial charge in [-0.1, -0.05) is 24.3 Å². The Hall–Kier alpha value is -2.19. The molecule has 1 unspecified atom stereocenters. The predicted molar refractivity (Wildman–Crippen MR) is 113 cm³/mol.